The van der Waals surface area contributed by atoms with Gasteiger partial charge in [0.15, 0.2) is 11.6 Å². The summed E-state index contributed by atoms with van der Waals surface area (Å²) in [7, 11) is 0. The highest BCUT2D eigenvalue weighted by molar-refractivity contribution is 6.22. The number of amides is 2. The predicted octanol–water partition coefficient (Wildman–Crippen LogP) is 0.767. The summed E-state index contributed by atoms with van der Waals surface area (Å²) in [5.74, 6) is 6.30. The summed E-state index contributed by atoms with van der Waals surface area (Å²) in [5.41, 5.74) is 2.20. The van der Waals surface area contributed by atoms with Crippen LogP contribution < -0.4 is 22.5 Å². The van der Waals surface area contributed by atoms with E-state index in [0.29, 0.717) is 0 Å². The molecule has 0 aliphatic heterocycles. The standard InChI is InChI=1S/C22H18N4O6/c23-25-21(31)15-10-16(22(32)26-24)14(20(30)12-6-2-4-8-18(12)28)9-13(15)19(29)11-5-1-3-7-17(11)27/h1-10,27-28H,23-24H2,(H,25,31)(H,26,32). The monoisotopic (exact) mass is 434 g/mol. The molecule has 10 nitrogen and oxygen atoms in total. The molecule has 0 fully saturated rings. The van der Waals surface area contributed by atoms with Crippen LogP contribution in [0.3, 0.4) is 0 Å². The van der Waals surface area contributed by atoms with Crippen LogP contribution in [0.2, 0.25) is 0 Å². The van der Waals surface area contributed by atoms with Crippen LogP contribution in [0, 0.1) is 0 Å². The van der Waals surface area contributed by atoms with E-state index in [4.69, 9.17) is 11.7 Å². The van der Waals surface area contributed by atoms with Crippen molar-refractivity contribution in [1.29, 1.82) is 0 Å². The number of hydrazine groups is 2. The third-order valence-corrected chi connectivity index (χ3v) is 4.70. The van der Waals surface area contributed by atoms with Gasteiger partial charge in [0.2, 0.25) is 0 Å². The highest BCUT2D eigenvalue weighted by atomic mass is 16.3. The van der Waals surface area contributed by atoms with Gasteiger partial charge in [0, 0.05) is 11.1 Å². The number of hydrogen-bond donors (Lipinski definition) is 6. The predicted molar refractivity (Wildman–Crippen MR) is 113 cm³/mol. The minimum Gasteiger partial charge on any atom is -0.507 e. The molecule has 0 radical (unpaired) electrons. The van der Waals surface area contributed by atoms with Gasteiger partial charge in [-0.15, -0.1) is 0 Å². The number of hydrogen-bond acceptors (Lipinski definition) is 8. The van der Waals surface area contributed by atoms with Crippen molar-refractivity contribution >= 4 is 23.4 Å². The maximum absolute atomic E-state index is 13.2. The first-order valence-electron chi connectivity index (χ1n) is 9.15. The van der Waals surface area contributed by atoms with Gasteiger partial charge in [0.05, 0.1) is 22.3 Å². The van der Waals surface area contributed by atoms with Crippen LogP contribution in [0.15, 0.2) is 60.7 Å². The molecule has 0 saturated heterocycles. The Bertz CT molecular complexity index is 1160. The number of nitrogens with one attached hydrogen (secondary N) is 2. The zero-order chi connectivity index (χ0) is 23.4. The van der Waals surface area contributed by atoms with E-state index in [1.54, 1.807) is 0 Å². The Hall–Kier alpha value is -4.54. The SMILES string of the molecule is NNC(=O)c1cc(C(=O)NN)c(C(=O)c2ccccc2O)cc1C(=O)c1ccccc1O. The molecular formula is C22H18N4O6. The maximum atomic E-state index is 13.2. The van der Waals surface area contributed by atoms with Crippen LogP contribution in [-0.4, -0.2) is 33.6 Å². The van der Waals surface area contributed by atoms with E-state index < -0.39 is 23.4 Å². The molecule has 0 aliphatic rings. The minimum absolute atomic E-state index is 0.143. The number of benzene rings is 3. The number of phenolic OH excluding ortho intramolecular Hbond substituents is 2. The van der Waals surface area contributed by atoms with Crippen LogP contribution in [0.5, 0.6) is 11.5 Å². The van der Waals surface area contributed by atoms with Gasteiger partial charge in [0.25, 0.3) is 11.8 Å². The second-order valence-electron chi connectivity index (χ2n) is 6.58. The topological polar surface area (TPSA) is 185 Å². The lowest BCUT2D eigenvalue weighted by Gasteiger charge is -2.15. The summed E-state index contributed by atoms with van der Waals surface area (Å²) < 4.78 is 0. The molecule has 0 aromatic heterocycles. The molecule has 3 rings (SSSR count). The number of nitrogen functional groups attached to an aromatic ring is 2. The van der Waals surface area contributed by atoms with Gasteiger partial charge >= 0.3 is 0 Å². The summed E-state index contributed by atoms with van der Waals surface area (Å²) in [6.45, 7) is 0. The smallest absolute Gasteiger partial charge is 0.265 e. The molecule has 2 amide bonds. The zero-order valence-electron chi connectivity index (χ0n) is 16.5. The normalized spacial score (nSPS) is 10.3. The Morgan fingerprint density at radius 3 is 1.25 bits per heavy atom. The molecule has 0 spiro atoms. The van der Waals surface area contributed by atoms with Crippen LogP contribution in [-0.2, 0) is 0 Å². The van der Waals surface area contributed by atoms with Gasteiger partial charge < -0.3 is 10.2 Å². The van der Waals surface area contributed by atoms with E-state index in [2.05, 4.69) is 0 Å². The van der Waals surface area contributed by atoms with Crippen molar-refractivity contribution in [3.8, 4) is 11.5 Å². The van der Waals surface area contributed by atoms with Gasteiger partial charge in [0.1, 0.15) is 11.5 Å². The minimum atomic E-state index is -0.920. The number of para-hydroxylation sites is 2. The van der Waals surface area contributed by atoms with Crippen LogP contribution in [0.25, 0.3) is 0 Å². The van der Waals surface area contributed by atoms with Gasteiger partial charge in [-0.05, 0) is 36.4 Å². The molecule has 8 N–H and O–H groups in total. The lowest BCUT2D eigenvalue weighted by Crippen LogP contribution is -2.34. The first-order chi connectivity index (χ1) is 15.3. The van der Waals surface area contributed by atoms with Crippen molar-refractivity contribution in [3.05, 3.63) is 94.0 Å². The number of aromatic hydroxyl groups is 2. The molecule has 32 heavy (non-hydrogen) atoms. The van der Waals surface area contributed by atoms with Gasteiger partial charge in [-0.2, -0.15) is 0 Å². The van der Waals surface area contributed by atoms with Crippen molar-refractivity contribution in [2.75, 3.05) is 0 Å². The molecule has 162 valence electrons. The van der Waals surface area contributed by atoms with Crippen LogP contribution in [0.4, 0.5) is 0 Å². The first kappa shape index (κ1) is 22.2. The average molecular weight is 434 g/mol. The Labute approximate surface area is 181 Å². The quantitative estimate of drug-likeness (QED) is 0.142. The third-order valence-electron chi connectivity index (χ3n) is 4.70. The van der Waals surface area contributed by atoms with Crippen LogP contribution >= 0.6 is 0 Å². The number of carbonyl (C=O) groups excluding carboxylic acids is 4. The van der Waals surface area contributed by atoms with Gasteiger partial charge in [-0.3, -0.25) is 30.0 Å². The molecule has 0 saturated carbocycles. The molecule has 0 unspecified atom stereocenters. The molecule has 10 heteroatoms. The fraction of sp³-hybridized carbons (Fsp3) is 0. The number of phenols is 2. The van der Waals surface area contributed by atoms with Crippen molar-refractivity contribution in [3.63, 3.8) is 0 Å². The molecule has 0 bridgehead atoms. The second kappa shape index (κ2) is 9.08. The summed E-state index contributed by atoms with van der Waals surface area (Å²) in [4.78, 5) is 51.1. The lowest BCUT2D eigenvalue weighted by atomic mass is 9.89. The Kier molecular flexibility index (Phi) is 6.29. The van der Waals surface area contributed by atoms with E-state index in [1.165, 1.54) is 48.5 Å². The fourth-order valence-corrected chi connectivity index (χ4v) is 3.13. The zero-order valence-corrected chi connectivity index (χ0v) is 16.5. The van der Waals surface area contributed by atoms with Crippen LogP contribution in [0.1, 0.15) is 52.6 Å². The van der Waals surface area contributed by atoms with E-state index in [-0.39, 0.29) is 44.9 Å². The first-order valence-corrected chi connectivity index (χ1v) is 9.15. The van der Waals surface area contributed by atoms with Crippen molar-refractivity contribution in [2.45, 2.75) is 0 Å². The van der Waals surface area contributed by atoms with Gasteiger partial charge in [-0.25, -0.2) is 11.7 Å². The summed E-state index contributed by atoms with van der Waals surface area (Å²) in [6, 6.07) is 13.2. The molecule has 3 aromatic carbocycles. The Morgan fingerprint density at radius 1 is 0.562 bits per heavy atom. The van der Waals surface area contributed by atoms with Gasteiger partial charge in [-0.1, -0.05) is 24.3 Å². The average Bonchev–Trinajstić information content (AvgIpc) is 2.82. The largest absolute Gasteiger partial charge is 0.507 e. The second-order valence-corrected chi connectivity index (χ2v) is 6.58. The molecule has 0 heterocycles. The summed E-state index contributed by atoms with van der Waals surface area (Å²) in [5, 5.41) is 20.2. The number of carbonyl (C=O) groups is 4. The molecular weight excluding hydrogens is 416 g/mol. The van der Waals surface area contributed by atoms with E-state index in [0.717, 1.165) is 12.1 Å². The third kappa shape index (κ3) is 4.03. The van der Waals surface area contributed by atoms with E-state index >= 15 is 0 Å². The molecule has 0 aliphatic carbocycles. The Morgan fingerprint density at radius 2 is 0.906 bits per heavy atom. The number of rotatable bonds is 6. The highest BCUT2D eigenvalue weighted by Gasteiger charge is 2.28. The summed E-state index contributed by atoms with van der Waals surface area (Å²) >= 11 is 0. The van der Waals surface area contributed by atoms with Crippen molar-refractivity contribution < 1.29 is 29.4 Å². The molecule has 3 aromatic rings. The lowest BCUT2D eigenvalue weighted by molar-refractivity contribution is 0.0934. The van der Waals surface area contributed by atoms with E-state index in [1.807, 2.05) is 10.9 Å². The number of ketones is 2. The number of nitrogens with two attached hydrogens (primary N) is 2. The molecule has 0 atom stereocenters. The fourth-order valence-electron chi connectivity index (χ4n) is 3.13. The Balaban J connectivity index is 2.32. The summed E-state index contributed by atoms with van der Waals surface area (Å²) in [6.07, 6.45) is 0. The maximum Gasteiger partial charge on any atom is 0.265 e. The highest BCUT2D eigenvalue weighted by Crippen LogP contribution is 2.28. The van der Waals surface area contributed by atoms with Crippen molar-refractivity contribution in [1.82, 2.24) is 10.9 Å². The van der Waals surface area contributed by atoms with Crippen molar-refractivity contribution in [2.24, 2.45) is 11.7 Å². The van der Waals surface area contributed by atoms with E-state index in [9.17, 15) is 29.4 Å².